The highest BCUT2D eigenvalue weighted by molar-refractivity contribution is 5.86. The first-order chi connectivity index (χ1) is 8.72. The van der Waals surface area contributed by atoms with Crippen LogP contribution >= 0.6 is 0 Å². The molecule has 2 N–H and O–H groups in total. The van der Waals surface area contributed by atoms with Crippen molar-refractivity contribution in [2.24, 2.45) is 0 Å². The van der Waals surface area contributed by atoms with E-state index in [0.717, 1.165) is 31.2 Å². The molecule has 0 aromatic heterocycles. The van der Waals surface area contributed by atoms with E-state index in [2.05, 4.69) is 16.7 Å². The van der Waals surface area contributed by atoms with E-state index >= 15 is 0 Å². The molecule has 2 aliphatic rings. The summed E-state index contributed by atoms with van der Waals surface area (Å²) in [4.78, 5) is 12.1. The second-order valence-corrected chi connectivity index (χ2v) is 5.09. The third kappa shape index (κ3) is 1.77. The van der Waals surface area contributed by atoms with Gasteiger partial charge >= 0.3 is 0 Å². The van der Waals surface area contributed by atoms with Gasteiger partial charge in [0.1, 0.15) is 6.04 Å². The monoisotopic (exact) mass is 241 g/mol. The summed E-state index contributed by atoms with van der Waals surface area (Å²) in [7, 11) is 0. The van der Waals surface area contributed by atoms with Gasteiger partial charge in [0.15, 0.2) is 0 Å². The molecule has 4 heteroatoms. The number of nitrogens with zero attached hydrogens (tertiary/aromatic N) is 1. The first kappa shape index (κ1) is 11.2. The number of carbonyl (C=O) groups is 1. The number of carbonyl (C=O) groups excluding carboxylic acids is 1. The topological polar surface area (TPSA) is 64.9 Å². The van der Waals surface area contributed by atoms with Crippen molar-refractivity contribution in [3.63, 3.8) is 0 Å². The fourth-order valence-corrected chi connectivity index (χ4v) is 2.92. The van der Waals surface area contributed by atoms with Gasteiger partial charge in [-0.05, 0) is 43.4 Å². The van der Waals surface area contributed by atoms with Gasteiger partial charge in [-0.3, -0.25) is 10.1 Å². The van der Waals surface area contributed by atoms with Gasteiger partial charge in [-0.1, -0.05) is 12.1 Å². The molecule has 1 atom stereocenters. The predicted octanol–water partition coefficient (Wildman–Crippen LogP) is 1.59. The summed E-state index contributed by atoms with van der Waals surface area (Å²) >= 11 is 0. The molecule has 1 saturated carbocycles. The maximum absolute atomic E-state index is 12.1. The highest BCUT2D eigenvalue weighted by Gasteiger charge is 2.45. The van der Waals surface area contributed by atoms with Gasteiger partial charge in [0.05, 0.1) is 17.3 Å². The number of hydrogen-bond acceptors (Lipinski definition) is 3. The van der Waals surface area contributed by atoms with Crippen LogP contribution in [0.3, 0.4) is 0 Å². The van der Waals surface area contributed by atoms with Crippen LogP contribution < -0.4 is 10.6 Å². The van der Waals surface area contributed by atoms with Crippen LogP contribution in [0.15, 0.2) is 24.3 Å². The van der Waals surface area contributed by atoms with Crippen molar-refractivity contribution in [1.29, 1.82) is 5.26 Å². The molecular formula is C14H15N3O. The van der Waals surface area contributed by atoms with Crippen LogP contribution in [0.1, 0.15) is 42.9 Å². The average molecular weight is 241 g/mol. The molecule has 18 heavy (non-hydrogen) atoms. The molecule has 1 spiro atoms. The average Bonchev–Trinajstić information content (AvgIpc) is 2.97. The fourth-order valence-electron chi connectivity index (χ4n) is 2.92. The second-order valence-electron chi connectivity index (χ2n) is 5.09. The lowest BCUT2D eigenvalue weighted by Crippen LogP contribution is -2.46. The quantitative estimate of drug-likeness (QED) is 0.784. The summed E-state index contributed by atoms with van der Waals surface area (Å²) in [6.45, 7) is 0. The van der Waals surface area contributed by atoms with E-state index in [1.165, 1.54) is 0 Å². The molecule has 1 aromatic rings. The van der Waals surface area contributed by atoms with Gasteiger partial charge in [0.2, 0.25) is 5.91 Å². The van der Waals surface area contributed by atoms with Crippen LogP contribution in [-0.2, 0) is 4.79 Å². The Kier molecular flexibility index (Phi) is 2.57. The van der Waals surface area contributed by atoms with Crippen molar-refractivity contribution < 1.29 is 4.79 Å². The summed E-state index contributed by atoms with van der Waals surface area (Å²) in [6, 6.07) is 9.01. The Morgan fingerprint density at radius 3 is 2.50 bits per heavy atom. The predicted molar refractivity (Wildman–Crippen MR) is 66.4 cm³/mol. The normalized spacial score (nSPS) is 25.1. The molecule has 0 bridgehead atoms. The van der Waals surface area contributed by atoms with Crippen molar-refractivity contribution in [1.82, 2.24) is 10.6 Å². The Hall–Kier alpha value is -1.86. The van der Waals surface area contributed by atoms with Crippen LogP contribution in [0, 0.1) is 11.3 Å². The van der Waals surface area contributed by atoms with E-state index < -0.39 is 0 Å². The molecule has 3 rings (SSSR count). The molecule has 2 fully saturated rings. The van der Waals surface area contributed by atoms with Crippen molar-refractivity contribution in [2.75, 3.05) is 0 Å². The van der Waals surface area contributed by atoms with Crippen molar-refractivity contribution in [3.8, 4) is 6.07 Å². The Bertz CT molecular complexity index is 509. The lowest BCUT2D eigenvalue weighted by atomic mass is 10.0. The summed E-state index contributed by atoms with van der Waals surface area (Å²) in [6.07, 6.45) is 4.33. The highest BCUT2D eigenvalue weighted by atomic mass is 16.2. The third-order valence-corrected chi connectivity index (χ3v) is 3.88. The molecule has 1 amide bonds. The number of benzene rings is 1. The molecule has 1 aromatic carbocycles. The molecule has 1 aliphatic carbocycles. The van der Waals surface area contributed by atoms with Gasteiger partial charge < -0.3 is 5.32 Å². The van der Waals surface area contributed by atoms with E-state index in [4.69, 9.17) is 5.26 Å². The Labute approximate surface area is 106 Å². The van der Waals surface area contributed by atoms with E-state index in [0.29, 0.717) is 5.56 Å². The van der Waals surface area contributed by atoms with Gasteiger partial charge in [-0.15, -0.1) is 0 Å². The van der Waals surface area contributed by atoms with Crippen LogP contribution in [-0.4, -0.2) is 11.6 Å². The molecular weight excluding hydrogens is 226 g/mol. The molecule has 92 valence electrons. The van der Waals surface area contributed by atoms with Gasteiger partial charge in [0, 0.05) is 0 Å². The summed E-state index contributed by atoms with van der Waals surface area (Å²) < 4.78 is 0. The number of nitriles is 1. The Morgan fingerprint density at radius 2 is 1.89 bits per heavy atom. The van der Waals surface area contributed by atoms with E-state index in [9.17, 15) is 4.79 Å². The van der Waals surface area contributed by atoms with Crippen molar-refractivity contribution in [2.45, 2.75) is 37.4 Å². The summed E-state index contributed by atoms with van der Waals surface area (Å²) in [5, 5.41) is 15.3. The minimum absolute atomic E-state index is 0.0432. The Morgan fingerprint density at radius 1 is 1.22 bits per heavy atom. The largest absolute Gasteiger partial charge is 0.336 e. The van der Waals surface area contributed by atoms with Crippen LogP contribution in [0.4, 0.5) is 0 Å². The highest BCUT2D eigenvalue weighted by Crippen LogP contribution is 2.34. The van der Waals surface area contributed by atoms with Crippen LogP contribution in [0.2, 0.25) is 0 Å². The van der Waals surface area contributed by atoms with Crippen molar-refractivity contribution >= 4 is 5.91 Å². The third-order valence-electron chi connectivity index (χ3n) is 3.88. The number of nitrogens with one attached hydrogen (secondary N) is 2. The number of amides is 1. The fraction of sp³-hybridized carbons (Fsp3) is 0.429. The molecule has 1 aliphatic heterocycles. The zero-order valence-corrected chi connectivity index (χ0v) is 10.1. The minimum atomic E-state index is -0.282. The maximum atomic E-state index is 12.1. The molecule has 1 heterocycles. The summed E-state index contributed by atoms with van der Waals surface area (Å²) in [5.74, 6) is 0.0432. The van der Waals surface area contributed by atoms with Gasteiger partial charge in [-0.2, -0.15) is 5.26 Å². The molecule has 0 radical (unpaired) electrons. The minimum Gasteiger partial charge on any atom is -0.336 e. The molecule has 4 nitrogen and oxygen atoms in total. The first-order valence-corrected chi connectivity index (χ1v) is 6.32. The number of rotatable bonds is 1. The second kappa shape index (κ2) is 4.11. The standard InChI is InChI=1S/C14H15N3O/c15-9-10-3-5-11(6-4-10)12-13(18)17-14(16-12)7-1-2-8-14/h3-6,12,16H,1-2,7-8H2,(H,17,18). The first-order valence-electron chi connectivity index (χ1n) is 6.32. The van der Waals surface area contributed by atoms with E-state index in [1.54, 1.807) is 12.1 Å². The summed E-state index contributed by atoms with van der Waals surface area (Å²) in [5.41, 5.74) is 1.36. The maximum Gasteiger partial charge on any atom is 0.243 e. The van der Waals surface area contributed by atoms with Crippen LogP contribution in [0.5, 0.6) is 0 Å². The zero-order valence-electron chi connectivity index (χ0n) is 10.1. The van der Waals surface area contributed by atoms with Crippen LogP contribution in [0.25, 0.3) is 0 Å². The van der Waals surface area contributed by atoms with Gasteiger partial charge in [0.25, 0.3) is 0 Å². The Balaban J connectivity index is 1.84. The van der Waals surface area contributed by atoms with E-state index in [1.807, 2.05) is 12.1 Å². The SMILES string of the molecule is N#Cc1ccc(C2NC3(CCCC3)NC2=O)cc1. The smallest absolute Gasteiger partial charge is 0.243 e. The van der Waals surface area contributed by atoms with Gasteiger partial charge in [-0.25, -0.2) is 0 Å². The molecule has 1 unspecified atom stereocenters. The lowest BCUT2D eigenvalue weighted by Gasteiger charge is -2.23. The van der Waals surface area contributed by atoms with Crippen molar-refractivity contribution in [3.05, 3.63) is 35.4 Å². The van der Waals surface area contributed by atoms with E-state index in [-0.39, 0.29) is 17.6 Å². The lowest BCUT2D eigenvalue weighted by molar-refractivity contribution is -0.121. The number of hydrogen-bond donors (Lipinski definition) is 2. The molecule has 1 saturated heterocycles. The zero-order chi connectivity index (χ0) is 12.6.